The molecule has 0 amide bonds. The molecular weight excluding hydrogens is 294 g/mol. The summed E-state index contributed by atoms with van der Waals surface area (Å²) in [6, 6.07) is 7.23. The van der Waals surface area contributed by atoms with Crippen LogP contribution < -0.4 is 5.32 Å². The SMILES string of the molecule is O=C(O)C(NC1CCCCC1)c1ccc(Br)cc1. The minimum absolute atomic E-state index is 0.337. The van der Waals surface area contributed by atoms with Gasteiger partial charge in [-0.05, 0) is 30.5 Å². The van der Waals surface area contributed by atoms with Crippen molar-refractivity contribution in [3.8, 4) is 0 Å². The predicted octanol–water partition coefficient (Wildman–Crippen LogP) is 3.50. The number of carbonyl (C=O) groups is 1. The van der Waals surface area contributed by atoms with Crippen LogP contribution in [0.2, 0.25) is 0 Å². The molecule has 0 spiro atoms. The van der Waals surface area contributed by atoms with Gasteiger partial charge in [0.1, 0.15) is 6.04 Å². The van der Waals surface area contributed by atoms with Crippen molar-refractivity contribution in [1.29, 1.82) is 0 Å². The Morgan fingerprint density at radius 2 is 1.83 bits per heavy atom. The zero-order valence-electron chi connectivity index (χ0n) is 10.2. The molecule has 2 rings (SSSR count). The second kappa shape index (κ2) is 6.34. The molecule has 0 radical (unpaired) electrons. The van der Waals surface area contributed by atoms with E-state index in [-0.39, 0.29) is 0 Å². The standard InChI is InChI=1S/C14H18BrNO2/c15-11-8-6-10(7-9-11)13(14(17)18)16-12-4-2-1-3-5-12/h6-9,12-13,16H,1-5H2,(H,17,18). The van der Waals surface area contributed by atoms with E-state index in [4.69, 9.17) is 0 Å². The second-order valence-corrected chi connectivity index (χ2v) is 5.74. The number of rotatable bonds is 4. The van der Waals surface area contributed by atoms with E-state index in [1.165, 1.54) is 19.3 Å². The fourth-order valence-corrected chi connectivity index (χ4v) is 2.73. The summed E-state index contributed by atoms with van der Waals surface area (Å²) in [6.45, 7) is 0. The Labute approximate surface area is 116 Å². The molecule has 1 aromatic carbocycles. The van der Waals surface area contributed by atoms with E-state index in [2.05, 4.69) is 21.2 Å². The van der Waals surface area contributed by atoms with Crippen LogP contribution in [0.4, 0.5) is 0 Å². The van der Waals surface area contributed by atoms with Gasteiger partial charge >= 0.3 is 5.97 Å². The molecule has 3 nitrogen and oxygen atoms in total. The maximum absolute atomic E-state index is 11.4. The molecule has 18 heavy (non-hydrogen) atoms. The normalized spacial score (nSPS) is 18.5. The molecule has 1 unspecified atom stereocenters. The van der Waals surface area contributed by atoms with Crippen molar-refractivity contribution in [3.05, 3.63) is 34.3 Å². The van der Waals surface area contributed by atoms with Crippen molar-refractivity contribution in [3.63, 3.8) is 0 Å². The van der Waals surface area contributed by atoms with Crippen molar-refractivity contribution >= 4 is 21.9 Å². The third-order valence-corrected chi connectivity index (χ3v) is 3.99. The van der Waals surface area contributed by atoms with E-state index in [1.807, 2.05) is 24.3 Å². The number of carboxylic acid groups (broad SMARTS) is 1. The van der Waals surface area contributed by atoms with Crippen LogP contribution in [0.5, 0.6) is 0 Å². The highest BCUT2D eigenvalue weighted by molar-refractivity contribution is 9.10. The minimum Gasteiger partial charge on any atom is -0.480 e. The Hall–Kier alpha value is -0.870. The molecular formula is C14H18BrNO2. The summed E-state index contributed by atoms with van der Waals surface area (Å²) in [5.41, 5.74) is 0.816. The quantitative estimate of drug-likeness (QED) is 0.894. The van der Waals surface area contributed by atoms with Crippen LogP contribution in [0.1, 0.15) is 43.7 Å². The molecule has 0 aromatic heterocycles. The van der Waals surface area contributed by atoms with Crippen molar-refractivity contribution in [2.75, 3.05) is 0 Å². The molecule has 2 N–H and O–H groups in total. The van der Waals surface area contributed by atoms with Gasteiger partial charge in [-0.2, -0.15) is 0 Å². The van der Waals surface area contributed by atoms with E-state index >= 15 is 0 Å². The Bertz CT molecular complexity index is 399. The van der Waals surface area contributed by atoms with Crippen LogP contribution in [0, 0.1) is 0 Å². The summed E-state index contributed by atoms with van der Waals surface area (Å²) < 4.78 is 0.966. The van der Waals surface area contributed by atoms with Crippen LogP contribution in [-0.4, -0.2) is 17.1 Å². The summed E-state index contributed by atoms with van der Waals surface area (Å²) in [6.07, 6.45) is 5.84. The van der Waals surface area contributed by atoms with Gasteiger partial charge in [0.05, 0.1) is 0 Å². The van der Waals surface area contributed by atoms with E-state index in [0.717, 1.165) is 22.9 Å². The molecule has 1 atom stereocenters. The fraction of sp³-hybridized carbons (Fsp3) is 0.500. The van der Waals surface area contributed by atoms with Gasteiger partial charge in [-0.15, -0.1) is 0 Å². The van der Waals surface area contributed by atoms with Crippen molar-refractivity contribution < 1.29 is 9.90 Å². The zero-order chi connectivity index (χ0) is 13.0. The minimum atomic E-state index is -0.803. The smallest absolute Gasteiger partial charge is 0.325 e. The predicted molar refractivity (Wildman–Crippen MR) is 74.5 cm³/mol. The molecule has 0 bridgehead atoms. The monoisotopic (exact) mass is 311 g/mol. The van der Waals surface area contributed by atoms with Crippen molar-refractivity contribution in [1.82, 2.24) is 5.32 Å². The molecule has 4 heteroatoms. The lowest BCUT2D eigenvalue weighted by Crippen LogP contribution is -2.38. The van der Waals surface area contributed by atoms with Crippen LogP contribution >= 0.6 is 15.9 Å². The number of hydrogen-bond acceptors (Lipinski definition) is 2. The van der Waals surface area contributed by atoms with Gasteiger partial charge in [-0.1, -0.05) is 47.3 Å². The second-order valence-electron chi connectivity index (χ2n) is 4.82. The summed E-state index contributed by atoms with van der Waals surface area (Å²) in [4.78, 5) is 11.4. The fourth-order valence-electron chi connectivity index (χ4n) is 2.47. The highest BCUT2D eigenvalue weighted by atomic mass is 79.9. The molecule has 98 valence electrons. The highest BCUT2D eigenvalue weighted by Gasteiger charge is 2.24. The van der Waals surface area contributed by atoms with Crippen LogP contribution in [0.15, 0.2) is 28.7 Å². The first-order valence-electron chi connectivity index (χ1n) is 6.41. The number of aliphatic carboxylic acids is 1. The Morgan fingerprint density at radius 3 is 2.39 bits per heavy atom. The van der Waals surface area contributed by atoms with E-state index in [1.54, 1.807) is 0 Å². The Kier molecular flexibility index (Phi) is 4.78. The number of benzene rings is 1. The summed E-state index contributed by atoms with van der Waals surface area (Å²) >= 11 is 3.36. The highest BCUT2D eigenvalue weighted by Crippen LogP contribution is 2.23. The van der Waals surface area contributed by atoms with Crippen LogP contribution in [0.25, 0.3) is 0 Å². The van der Waals surface area contributed by atoms with Gasteiger partial charge in [0.25, 0.3) is 0 Å². The first-order valence-corrected chi connectivity index (χ1v) is 7.20. The molecule has 0 saturated heterocycles. The zero-order valence-corrected chi connectivity index (χ0v) is 11.8. The molecule has 1 saturated carbocycles. The van der Waals surface area contributed by atoms with Crippen LogP contribution in [0.3, 0.4) is 0 Å². The third kappa shape index (κ3) is 3.56. The van der Waals surface area contributed by atoms with E-state index < -0.39 is 12.0 Å². The van der Waals surface area contributed by atoms with Crippen molar-refractivity contribution in [2.45, 2.75) is 44.2 Å². The molecule has 0 aliphatic heterocycles. The maximum Gasteiger partial charge on any atom is 0.325 e. The van der Waals surface area contributed by atoms with Gasteiger partial charge in [0, 0.05) is 10.5 Å². The first kappa shape index (κ1) is 13.6. The van der Waals surface area contributed by atoms with Gasteiger partial charge in [0.15, 0.2) is 0 Å². The van der Waals surface area contributed by atoms with Gasteiger partial charge < -0.3 is 5.11 Å². The number of halogens is 1. The van der Waals surface area contributed by atoms with Crippen molar-refractivity contribution in [2.24, 2.45) is 0 Å². The lowest BCUT2D eigenvalue weighted by Gasteiger charge is -2.26. The molecule has 1 aliphatic carbocycles. The van der Waals surface area contributed by atoms with E-state index in [0.29, 0.717) is 6.04 Å². The summed E-state index contributed by atoms with van der Waals surface area (Å²) in [7, 11) is 0. The number of hydrogen-bond donors (Lipinski definition) is 2. The lowest BCUT2D eigenvalue weighted by molar-refractivity contribution is -0.140. The molecule has 1 aromatic rings. The Morgan fingerprint density at radius 1 is 1.22 bits per heavy atom. The maximum atomic E-state index is 11.4. The molecule has 0 heterocycles. The first-order chi connectivity index (χ1) is 8.66. The average molecular weight is 312 g/mol. The Balaban J connectivity index is 2.07. The largest absolute Gasteiger partial charge is 0.480 e. The number of carboxylic acids is 1. The lowest BCUT2D eigenvalue weighted by atomic mass is 9.94. The van der Waals surface area contributed by atoms with Crippen LogP contribution in [-0.2, 0) is 4.79 Å². The van der Waals surface area contributed by atoms with Gasteiger partial charge in [-0.25, -0.2) is 0 Å². The van der Waals surface area contributed by atoms with E-state index in [9.17, 15) is 9.90 Å². The molecule has 1 aliphatic rings. The summed E-state index contributed by atoms with van der Waals surface area (Å²) in [5, 5.41) is 12.6. The topological polar surface area (TPSA) is 49.3 Å². The third-order valence-electron chi connectivity index (χ3n) is 3.46. The summed E-state index contributed by atoms with van der Waals surface area (Å²) in [5.74, 6) is -0.803. The van der Waals surface area contributed by atoms with Gasteiger partial charge in [-0.3, -0.25) is 10.1 Å². The average Bonchev–Trinajstić information content (AvgIpc) is 2.38. The number of nitrogens with one attached hydrogen (secondary N) is 1. The van der Waals surface area contributed by atoms with Gasteiger partial charge in [0.2, 0.25) is 0 Å². The molecule has 1 fully saturated rings.